The van der Waals surface area contributed by atoms with Gasteiger partial charge in [-0.05, 0) is 31.8 Å². The Kier molecular flexibility index (Phi) is 4.22. The van der Waals surface area contributed by atoms with Crippen LogP contribution in [0.15, 0.2) is 24.3 Å². The van der Waals surface area contributed by atoms with Gasteiger partial charge in [-0.1, -0.05) is 12.1 Å². The average Bonchev–Trinajstić information content (AvgIpc) is 2.32. The highest BCUT2D eigenvalue weighted by molar-refractivity contribution is 5.33. The number of nitrogens with one attached hydrogen (secondary N) is 1. The van der Waals surface area contributed by atoms with Gasteiger partial charge in [-0.2, -0.15) is 0 Å². The third kappa shape index (κ3) is 2.83. The number of methoxy groups -OCH3 is 1. The summed E-state index contributed by atoms with van der Waals surface area (Å²) in [4.78, 5) is 2.17. The van der Waals surface area contributed by atoms with Gasteiger partial charge in [0, 0.05) is 13.1 Å². The quantitative estimate of drug-likeness (QED) is 0.819. The molecule has 0 radical (unpaired) electrons. The lowest BCUT2D eigenvalue weighted by atomic mass is 9.88. The molecular weight excluding hydrogens is 228 g/mol. The van der Waals surface area contributed by atoms with Gasteiger partial charge in [-0.15, -0.1) is 0 Å². The molecule has 4 nitrogen and oxygen atoms in total. The Morgan fingerprint density at radius 1 is 1.28 bits per heavy atom. The maximum atomic E-state index is 5.40. The molecule has 100 valence electrons. The van der Waals surface area contributed by atoms with Crippen molar-refractivity contribution in [1.82, 2.24) is 10.2 Å². The largest absolute Gasteiger partial charge is 0.497 e. The first-order valence-electron chi connectivity index (χ1n) is 6.28. The molecule has 1 N–H and O–H groups in total. The molecule has 1 fully saturated rings. The van der Waals surface area contributed by atoms with E-state index in [0.717, 1.165) is 32.1 Å². The van der Waals surface area contributed by atoms with Crippen LogP contribution in [0, 0.1) is 0 Å². The van der Waals surface area contributed by atoms with E-state index in [0.29, 0.717) is 0 Å². The van der Waals surface area contributed by atoms with Crippen LogP contribution < -0.4 is 10.1 Å². The Morgan fingerprint density at radius 3 is 2.39 bits per heavy atom. The lowest BCUT2D eigenvalue weighted by molar-refractivity contribution is -0.0787. The Hall–Kier alpha value is -1.10. The molecule has 0 aromatic heterocycles. The molecule has 0 atom stereocenters. The fraction of sp³-hybridized carbons (Fsp3) is 0.571. The fourth-order valence-electron chi connectivity index (χ4n) is 2.11. The third-order valence-electron chi connectivity index (χ3n) is 3.36. The molecule has 1 aliphatic rings. The molecule has 0 bridgehead atoms. The van der Waals surface area contributed by atoms with Crippen LogP contribution in [0.3, 0.4) is 0 Å². The molecule has 1 saturated heterocycles. The van der Waals surface area contributed by atoms with Gasteiger partial charge >= 0.3 is 0 Å². The van der Waals surface area contributed by atoms with Crippen LogP contribution in [0.5, 0.6) is 5.75 Å². The zero-order valence-corrected chi connectivity index (χ0v) is 11.4. The molecule has 0 aliphatic carbocycles. The monoisotopic (exact) mass is 250 g/mol. The van der Waals surface area contributed by atoms with Crippen molar-refractivity contribution < 1.29 is 9.47 Å². The highest BCUT2D eigenvalue weighted by atomic mass is 16.5. The second-order valence-corrected chi connectivity index (χ2v) is 5.03. The van der Waals surface area contributed by atoms with E-state index in [1.54, 1.807) is 7.11 Å². The molecule has 1 aromatic carbocycles. The third-order valence-corrected chi connectivity index (χ3v) is 3.36. The molecule has 2 rings (SSSR count). The minimum atomic E-state index is -0.0116. The summed E-state index contributed by atoms with van der Waals surface area (Å²) in [6.07, 6.45) is 0. The topological polar surface area (TPSA) is 33.7 Å². The minimum absolute atomic E-state index is 0.0116. The number of likely N-dealkylation sites (N-methyl/N-ethyl adjacent to an activating group) is 1. The Balaban J connectivity index is 2.01. The highest BCUT2D eigenvalue weighted by Gasteiger charge is 2.39. The first kappa shape index (κ1) is 13.3. The summed E-state index contributed by atoms with van der Waals surface area (Å²) < 4.78 is 10.6. The number of ether oxygens (including phenoxy) is 2. The van der Waals surface area contributed by atoms with Crippen LogP contribution >= 0.6 is 0 Å². The minimum Gasteiger partial charge on any atom is -0.497 e. The summed E-state index contributed by atoms with van der Waals surface area (Å²) in [5.41, 5.74) is 1.26. The maximum Gasteiger partial charge on any atom is 0.118 e. The van der Waals surface area contributed by atoms with Crippen molar-refractivity contribution in [2.45, 2.75) is 5.54 Å². The molecule has 0 spiro atoms. The number of nitrogens with zero attached hydrogens (tertiary/aromatic N) is 1. The van der Waals surface area contributed by atoms with Gasteiger partial charge in [0.25, 0.3) is 0 Å². The van der Waals surface area contributed by atoms with Crippen LogP contribution in [-0.4, -0.2) is 52.4 Å². The summed E-state index contributed by atoms with van der Waals surface area (Å²) in [5, 5.41) is 3.61. The van der Waals surface area contributed by atoms with Gasteiger partial charge in [-0.3, -0.25) is 0 Å². The van der Waals surface area contributed by atoms with Crippen LogP contribution in [0.1, 0.15) is 5.56 Å². The molecule has 1 heterocycles. The first-order valence-corrected chi connectivity index (χ1v) is 6.28. The van der Waals surface area contributed by atoms with Gasteiger partial charge in [0.2, 0.25) is 0 Å². The van der Waals surface area contributed by atoms with Crippen LogP contribution in [0.4, 0.5) is 0 Å². The SMILES string of the molecule is COc1ccc(C2(NCCN(C)C)COC2)cc1. The van der Waals surface area contributed by atoms with Crippen molar-refractivity contribution >= 4 is 0 Å². The van der Waals surface area contributed by atoms with Crippen LogP contribution in [-0.2, 0) is 10.3 Å². The molecule has 0 amide bonds. The summed E-state index contributed by atoms with van der Waals surface area (Å²) in [5.74, 6) is 0.891. The van der Waals surface area contributed by atoms with E-state index in [9.17, 15) is 0 Å². The smallest absolute Gasteiger partial charge is 0.118 e. The number of benzene rings is 1. The lowest BCUT2D eigenvalue weighted by Gasteiger charge is -2.43. The predicted molar refractivity (Wildman–Crippen MR) is 72.0 cm³/mol. The van der Waals surface area contributed by atoms with Gasteiger partial charge in [-0.25, -0.2) is 0 Å². The van der Waals surface area contributed by atoms with Crippen molar-refractivity contribution in [2.75, 3.05) is 47.5 Å². The maximum absolute atomic E-state index is 5.40. The molecule has 4 heteroatoms. The number of hydrogen-bond donors (Lipinski definition) is 1. The van der Waals surface area contributed by atoms with Gasteiger partial charge in [0.05, 0.1) is 25.9 Å². The zero-order valence-electron chi connectivity index (χ0n) is 11.4. The van der Waals surface area contributed by atoms with Crippen molar-refractivity contribution in [3.63, 3.8) is 0 Å². The molecule has 1 aromatic rings. The van der Waals surface area contributed by atoms with Crippen molar-refractivity contribution in [1.29, 1.82) is 0 Å². The second kappa shape index (κ2) is 5.69. The second-order valence-electron chi connectivity index (χ2n) is 5.03. The van der Waals surface area contributed by atoms with E-state index in [-0.39, 0.29) is 5.54 Å². The summed E-state index contributed by atoms with van der Waals surface area (Å²) in [6, 6.07) is 8.24. The van der Waals surface area contributed by atoms with Crippen LogP contribution in [0.25, 0.3) is 0 Å². The van der Waals surface area contributed by atoms with Gasteiger partial charge in [0.15, 0.2) is 0 Å². The molecule has 0 saturated carbocycles. The molecule has 18 heavy (non-hydrogen) atoms. The van der Waals surface area contributed by atoms with E-state index in [1.807, 2.05) is 12.1 Å². The molecular formula is C14H22N2O2. The van der Waals surface area contributed by atoms with Crippen molar-refractivity contribution in [3.05, 3.63) is 29.8 Å². The van der Waals surface area contributed by atoms with Crippen molar-refractivity contribution in [3.8, 4) is 5.75 Å². The predicted octanol–water partition coefficient (Wildman–Crippen LogP) is 1.07. The Morgan fingerprint density at radius 2 is 1.94 bits per heavy atom. The van der Waals surface area contributed by atoms with Gasteiger partial charge in [0.1, 0.15) is 5.75 Å². The van der Waals surface area contributed by atoms with E-state index in [1.165, 1.54) is 5.56 Å². The average molecular weight is 250 g/mol. The van der Waals surface area contributed by atoms with E-state index >= 15 is 0 Å². The summed E-state index contributed by atoms with van der Waals surface area (Å²) >= 11 is 0. The number of hydrogen-bond acceptors (Lipinski definition) is 4. The van der Waals surface area contributed by atoms with Crippen LogP contribution in [0.2, 0.25) is 0 Å². The van der Waals surface area contributed by atoms with Crippen molar-refractivity contribution in [2.24, 2.45) is 0 Å². The van der Waals surface area contributed by atoms with E-state index in [4.69, 9.17) is 9.47 Å². The molecule has 0 unspecified atom stereocenters. The fourth-order valence-corrected chi connectivity index (χ4v) is 2.11. The standard InChI is InChI=1S/C14H22N2O2/c1-16(2)9-8-15-14(10-18-11-14)12-4-6-13(17-3)7-5-12/h4-7,15H,8-11H2,1-3H3. The highest BCUT2D eigenvalue weighted by Crippen LogP contribution is 2.30. The summed E-state index contributed by atoms with van der Waals surface area (Å²) in [6.45, 7) is 3.47. The molecule has 1 aliphatic heterocycles. The van der Waals surface area contributed by atoms with E-state index in [2.05, 4.69) is 36.4 Å². The Labute approximate surface area is 109 Å². The Bertz CT molecular complexity index is 372. The first-order chi connectivity index (χ1) is 8.66. The van der Waals surface area contributed by atoms with Gasteiger partial charge < -0.3 is 19.7 Å². The number of rotatable bonds is 6. The summed E-state index contributed by atoms with van der Waals surface area (Å²) in [7, 11) is 5.85. The zero-order chi connectivity index (χ0) is 13.0. The normalized spacial score (nSPS) is 17.6. The van der Waals surface area contributed by atoms with E-state index < -0.39 is 0 Å². The lowest BCUT2D eigenvalue weighted by Crippen LogP contribution is -2.58.